The van der Waals surface area contributed by atoms with Crippen LogP contribution in [0.1, 0.15) is 18.0 Å². The average Bonchev–Trinajstić information content (AvgIpc) is 2.83. The van der Waals surface area contributed by atoms with Crippen LogP contribution in [0.15, 0.2) is 83.9 Å². The summed E-state index contributed by atoms with van der Waals surface area (Å²) in [5.41, 5.74) is 9.39. The van der Waals surface area contributed by atoms with Crippen LogP contribution in [0.2, 0.25) is 0 Å². The highest BCUT2D eigenvalue weighted by molar-refractivity contribution is 5.85. The molecule has 1 unspecified atom stereocenters. The van der Waals surface area contributed by atoms with E-state index >= 15 is 0 Å². The number of hydrogen-bond donors (Lipinski definition) is 2. The summed E-state index contributed by atoms with van der Waals surface area (Å²) in [5, 5.41) is 3.25. The molecule has 0 aliphatic rings. The molecule has 4 aromatic rings. The maximum atomic E-state index is 13.5. The van der Waals surface area contributed by atoms with Gasteiger partial charge in [0.25, 0.3) is 5.56 Å². The van der Waals surface area contributed by atoms with Crippen molar-refractivity contribution in [3.05, 3.63) is 101 Å². The van der Waals surface area contributed by atoms with E-state index in [4.69, 9.17) is 10.7 Å². The lowest BCUT2D eigenvalue weighted by atomic mass is 10.0. The van der Waals surface area contributed by atoms with Crippen LogP contribution in [-0.4, -0.2) is 21.1 Å². The van der Waals surface area contributed by atoms with Gasteiger partial charge in [-0.15, -0.1) is 12.4 Å². The van der Waals surface area contributed by atoms with Crippen molar-refractivity contribution in [2.24, 2.45) is 12.8 Å². The highest BCUT2D eigenvalue weighted by Crippen LogP contribution is 2.28. The lowest BCUT2D eigenvalue weighted by Crippen LogP contribution is -2.26. The first-order chi connectivity index (χ1) is 15.5. The Morgan fingerprint density at radius 3 is 2.33 bits per heavy atom. The van der Waals surface area contributed by atoms with Crippen LogP contribution in [-0.2, 0) is 7.05 Å². The number of rotatable bonds is 7. The third kappa shape index (κ3) is 5.45. The largest absolute Gasteiger partial charge is 0.355 e. The van der Waals surface area contributed by atoms with Crippen LogP contribution >= 0.6 is 12.4 Å². The molecule has 170 valence electrons. The van der Waals surface area contributed by atoms with Crippen LogP contribution in [0.25, 0.3) is 22.4 Å². The smallest absolute Gasteiger partial charge is 0.263 e. The van der Waals surface area contributed by atoms with E-state index in [1.807, 2.05) is 30.3 Å². The predicted molar refractivity (Wildman–Crippen MR) is 132 cm³/mol. The molecule has 0 aliphatic heterocycles. The highest BCUT2D eigenvalue weighted by Gasteiger charge is 2.18. The van der Waals surface area contributed by atoms with Gasteiger partial charge in [-0.3, -0.25) is 14.3 Å². The molecule has 0 radical (unpaired) electrons. The molecule has 1 atom stereocenters. The van der Waals surface area contributed by atoms with Crippen molar-refractivity contribution >= 4 is 18.4 Å². The molecular formula is C25H25ClFN5O. The molecule has 0 fully saturated rings. The molecular weight excluding hydrogens is 441 g/mol. The minimum Gasteiger partial charge on any atom is -0.355 e. The van der Waals surface area contributed by atoms with E-state index < -0.39 is 0 Å². The van der Waals surface area contributed by atoms with Crippen LogP contribution in [0.3, 0.4) is 0 Å². The number of benzene rings is 2. The van der Waals surface area contributed by atoms with E-state index in [0.29, 0.717) is 35.7 Å². The maximum Gasteiger partial charge on any atom is 0.263 e. The summed E-state index contributed by atoms with van der Waals surface area (Å²) in [7, 11) is 1.66. The molecule has 2 aromatic carbocycles. The number of anilines is 1. The number of nitrogens with one attached hydrogen (secondary N) is 1. The minimum atomic E-state index is -0.364. The van der Waals surface area contributed by atoms with Gasteiger partial charge in [-0.1, -0.05) is 42.5 Å². The molecule has 0 aliphatic carbocycles. The minimum absolute atomic E-state index is 0. The second-order valence-electron chi connectivity index (χ2n) is 7.50. The lowest BCUT2D eigenvalue weighted by molar-refractivity contribution is 0.628. The van der Waals surface area contributed by atoms with Crippen molar-refractivity contribution in [3.63, 3.8) is 0 Å². The standard InChI is InChI=1S/C25H24FN5O.ClH/c1-31-24(32)22(18-7-9-20(26)10-8-18)23(19-11-14-28-15-12-19)30-25(31)29-16-13-21(27)17-5-3-2-4-6-17;/h2-12,14-15,21H,13,16,27H2,1H3,(H,29,30);1H. The first kappa shape index (κ1) is 24.1. The van der Waals surface area contributed by atoms with Crippen molar-refractivity contribution in [2.45, 2.75) is 12.5 Å². The zero-order chi connectivity index (χ0) is 22.5. The van der Waals surface area contributed by atoms with Gasteiger partial charge in [-0.2, -0.15) is 0 Å². The molecule has 2 heterocycles. The van der Waals surface area contributed by atoms with Gasteiger partial charge in [0.15, 0.2) is 0 Å². The molecule has 0 spiro atoms. The quantitative estimate of drug-likeness (QED) is 0.417. The summed E-state index contributed by atoms with van der Waals surface area (Å²) in [4.78, 5) is 22.2. The zero-order valence-corrected chi connectivity index (χ0v) is 18.9. The Hall–Kier alpha value is -3.55. The third-order valence-corrected chi connectivity index (χ3v) is 5.34. The summed E-state index contributed by atoms with van der Waals surface area (Å²) in [6.07, 6.45) is 3.97. The van der Waals surface area contributed by atoms with Crippen molar-refractivity contribution < 1.29 is 4.39 Å². The van der Waals surface area contributed by atoms with E-state index in [2.05, 4.69) is 10.3 Å². The lowest BCUT2D eigenvalue weighted by Gasteiger charge is -2.17. The Bertz CT molecular complexity index is 1250. The van der Waals surface area contributed by atoms with E-state index in [-0.39, 0.29) is 29.8 Å². The summed E-state index contributed by atoms with van der Waals surface area (Å²) < 4.78 is 14.9. The van der Waals surface area contributed by atoms with Crippen LogP contribution in [0.5, 0.6) is 0 Å². The normalized spacial score (nSPS) is 11.5. The Kier molecular flexibility index (Phi) is 7.92. The molecule has 0 saturated heterocycles. The molecule has 0 bridgehead atoms. The van der Waals surface area contributed by atoms with Crippen LogP contribution in [0.4, 0.5) is 10.3 Å². The zero-order valence-electron chi connectivity index (χ0n) is 18.1. The van der Waals surface area contributed by atoms with Gasteiger partial charge in [0.05, 0.1) is 11.3 Å². The Balaban J connectivity index is 0.00000306. The van der Waals surface area contributed by atoms with Gasteiger partial charge >= 0.3 is 0 Å². The first-order valence-electron chi connectivity index (χ1n) is 10.4. The summed E-state index contributed by atoms with van der Waals surface area (Å²) in [6, 6.07) is 19.2. The van der Waals surface area contributed by atoms with Gasteiger partial charge in [0, 0.05) is 37.6 Å². The fourth-order valence-corrected chi connectivity index (χ4v) is 3.56. The Morgan fingerprint density at radius 2 is 1.67 bits per heavy atom. The molecule has 0 amide bonds. The number of nitrogens with two attached hydrogens (primary N) is 1. The van der Waals surface area contributed by atoms with Crippen molar-refractivity contribution in [3.8, 4) is 22.4 Å². The van der Waals surface area contributed by atoms with E-state index in [1.165, 1.54) is 16.7 Å². The van der Waals surface area contributed by atoms with Crippen molar-refractivity contribution in [1.82, 2.24) is 14.5 Å². The molecule has 0 saturated carbocycles. The van der Waals surface area contributed by atoms with Gasteiger partial charge in [-0.25, -0.2) is 9.37 Å². The number of pyridine rings is 1. The summed E-state index contributed by atoms with van der Waals surface area (Å²) in [6.45, 7) is 0.544. The predicted octanol–water partition coefficient (Wildman–Crippen LogP) is 4.57. The van der Waals surface area contributed by atoms with Crippen molar-refractivity contribution in [1.29, 1.82) is 0 Å². The number of nitrogens with zero attached hydrogens (tertiary/aromatic N) is 3. The fourth-order valence-electron chi connectivity index (χ4n) is 3.56. The summed E-state index contributed by atoms with van der Waals surface area (Å²) >= 11 is 0. The molecule has 4 rings (SSSR count). The molecule has 6 nitrogen and oxygen atoms in total. The molecule has 3 N–H and O–H groups in total. The van der Waals surface area contributed by atoms with E-state index in [1.54, 1.807) is 43.7 Å². The highest BCUT2D eigenvalue weighted by atomic mass is 35.5. The second-order valence-corrected chi connectivity index (χ2v) is 7.50. The Morgan fingerprint density at radius 1 is 1.00 bits per heavy atom. The summed E-state index contributed by atoms with van der Waals surface area (Å²) in [5.74, 6) is 0.0740. The fraction of sp³-hybridized carbons (Fsp3) is 0.160. The second kappa shape index (κ2) is 10.8. The monoisotopic (exact) mass is 465 g/mol. The van der Waals surface area contributed by atoms with Crippen LogP contribution in [0, 0.1) is 5.82 Å². The van der Waals surface area contributed by atoms with E-state index in [0.717, 1.165) is 11.1 Å². The van der Waals surface area contributed by atoms with Crippen molar-refractivity contribution in [2.75, 3.05) is 11.9 Å². The van der Waals surface area contributed by atoms with Gasteiger partial charge < -0.3 is 11.1 Å². The van der Waals surface area contributed by atoms with Gasteiger partial charge in [0.2, 0.25) is 5.95 Å². The first-order valence-corrected chi connectivity index (χ1v) is 10.4. The number of hydrogen-bond acceptors (Lipinski definition) is 5. The molecule has 2 aromatic heterocycles. The third-order valence-electron chi connectivity index (χ3n) is 5.34. The van der Waals surface area contributed by atoms with Gasteiger partial charge in [0.1, 0.15) is 5.82 Å². The topological polar surface area (TPSA) is 85.8 Å². The van der Waals surface area contributed by atoms with E-state index in [9.17, 15) is 9.18 Å². The molecule has 8 heteroatoms. The maximum absolute atomic E-state index is 13.5. The van der Waals surface area contributed by atoms with Gasteiger partial charge in [-0.05, 0) is 41.8 Å². The average molecular weight is 466 g/mol. The SMILES string of the molecule is Cl.Cn1c(NCCC(N)c2ccccc2)nc(-c2ccncc2)c(-c2ccc(F)cc2)c1=O. The Labute approximate surface area is 197 Å². The number of aromatic nitrogens is 3. The molecule has 33 heavy (non-hydrogen) atoms. The van der Waals surface area contributed by atoms with Crippen LogP contribution < -0.4 is 16.6 Å². The number of halogens is 2.